The van der Waals surface area contributed by atoms with Gasteiger partial charge in [-0.05, 0) is 45.7 Å². The fourth-order valence-electron chi connectivity index (χ4n) is 2.27. The van der Waals surface area contributed by atoms with Crippen molar-refractivity contribution in [2.24, 2.45) is 0 Å². The van der Waals surface area contributed by atoms with Gasteiger partial charge >= 0.3 is 0 Å². The summed E-state index contributed by atoms with van der Waals surface area (Å²) >= 11 is 0. The van der Waals surface area contributed by atoms with Gasteiger partial charge in [0.2, 0.25) is 0 Å². The van der Waals surface area contributed by atoms with Crippen molar-refractivity contribution in [2.75, 3.05) is 7.05 Å². The molecular weight excluding hydrogens is 210 g/mol. The van der Waals surface area contributed by atoms with Gasteiger partial charge in [0, 0.05) is 18.3 Å². The summed E-state index contributed by atoms with van der Waals surface area (Å²) in [6.07, 6.45) is 5.88. The fraction of sp³-hybridized carbons (Fsp3) is 0.786. The lowest BCUT2D eigenvalue weighted by molar-refractivity contribution is 0.473. The number of hydrogen-bond donors (Lipinski definition) is 1. The van der Waals surface area contributed by atoms with E-state index in [9.17, 15) is 0 Å². The van der Waals surface area contributed by atoms with Crippen LogP contribution in [0.4, 0.5) is 0 Å². The van der Waals surface area contributed by atoms with Gasteiger partial charge in [-0.15, -0.1) is 0 Å². The minimum Gasteiger partial charge on any atom is -0.317 e. The maximum absolute atomic E-state index is 4.59. The molecule has 98 valence electrons. The molecule has 0 radical (unpaired) electrons. The highest BCUT2D eigenvalue weighted by Crippen LogP contribution is 2.11. The van der Waals surface area contributed by atoms with Crippen LogP contribution in [-0.2, 0) is 19.4 Å². The van der Waals surface area contributed by atoms with E-state index in [2.05, 4.69) is 49.0 Å². The SMILES string of the molecule is CCCC(CCc1cc(CC)nn1CC)NC. The molecule has 0 aliphatic rings. The van der Waals surface area contributed by atoms with Crippen molar-refractivity contribution >= 4 is 0 Å². The maximum Gasteiger partial charge on any atom is 0.0624 e. The van der Waals surface area contributed by atoms with E-state index < -0.39 is 0 Å². The second kappa shape index (κ2) is 7.49. The largest absolute Gasteiger partial charge is 0.317 e. The van der Waals surface area contributed by atoms with E-state index in [1.807, 2.05) is 0 Å². The molecule has 3 heteroatoms. The molecule has 1 atom stereocenters. The zero-order valence-corrected chi connectivity index (χ0v) is 11.8. The summed E-state index contributed by atoms with van der Waals surface area (Å²) in [6, 6.07) is 2.91. The average molecular weight is 237 g/mol. The summed E-state index contributed by atoms with van der Waals surface area (Å²) in [6.45, 7) is 7.56. The van der Waals surface area contributed by atoms with Crippen molar-refractivity contribution in [1.82, 2.24) is 15.1 Å². The molecule has 0 amide bonds. The van der Waals surface area contributed by atoms with Crippen LogP contribution in [0.25, 0.3) is 0 Å². The van der Waals surface area contributed by atoms with Crippen molar-refractivity contribution in [3.63, 3.8) is 0 Å². The molecule has 0 saturated carbocycles. The number of hydrogen-bond acceptors (Lipinski definition) is 2. The predicted molar refractivity (Wildman–Crippen MR) is 73.4 cm³/mol. The smallest absolute Gasteiger partial charge is 0.0624 e. The van der Waals surface area contributed by atoms with Gasteiger partial charge in [0.15, 0.2) is 0 Å². The third-order valence-corrected chi connectivity index (χ3v) is 3.37. The molecule has 0 aromatic carbocycles. The third-order valence-electron chi connectivity index (χ3n) is 3.37. The molecule has 1 N–H and O–H groups in total. The Morgan fingerprint density at radius 2 is 2.06 bits per heavy atom. The predicted octanol–water partition coefficient (Wildman–Crippen LogP) is 2.79. The third kappa shape index (κ3) is 4.15. The van der Waals surface area contributed by atoms with Gasteiger partial charge < -0.3 is 5.32 Å². The van der Waals surface area contributed by atoms with Crippen LogP contribution < -0.4 is 5.32 Å². The van der Waals surface area contributed by atoms with Crippen LogP contribution in [0, 0.1) is 0 Å². The number of nitrogens with one attached hydrogen (secondary N) is 1. The van der Waals surface area contributed by atoms with Crippen LogP contribution in [0.2, 0.25) is 0 Å². The summed E-state index contributed by atoms with van der Waals surface area (Å²) in [5, 5.41) is 8.00. The Bertz CT molecular complexity index is 317. The molecule has 0 bridgehead atoms. The molecule has 1 rings (SSSR count). The molecule has 0 spiro atoms. The second-order valence-electron chi connectivity index (χ2n) is 4.61. The van der Waals surface area contributed by atoms with E-state index in [0.29, 0.717) is 6.04 Å². The van der Waals surface area contributed by atoms with E-state index in [-0.39, 0.29) is 0 Å². The van der Waals surface area contributed by atoms with Crippen molar-refractivity contribution in [3.05, 3.63) is 17.5 Å². The van der Waals surface area contributed by atoms with Gasteiger partial charge in [-0.3, -0.25) is 4.68 Å². The van der Waals surface area contributed by atoms with Crippen molar-refractivity contribution < 1.29 is 0 Å². The summed E-state index contributed by atoms with van der Waals surface area (Å²) in [7, 11) is 2.06. The van der Waals surface area contributed by atoms with Crippen molar-refractivity contribution in [1.29, 1.82) is 0 Å². The van der Waals surface area contributed by atoms with Crippen LogP contribution in [0.1, 0.15) is 51.4 Å². The number of nitrogens with zero attached hydrogens (tertiary/aromatic N) is 2. The van der Waals surface area contributed by atoms with E-state index in [4.69, 9.17) is 0 Å². The van der Waals surface area contributed by atoms with Gasteiger partial charge in [-0.2, -0.15) is 5.10 Å². The molecule has 0 fully saturated rings. The first-order chi connectivity index (χ1) is 8.24. The Balaban J connectivity index is 2.57. The topological polar surface area (TPSA) is 29.9 Å². The van der Waals surface area contributed by atoms with Gasteiger partial charge in [0.05, 0.1) is 5.69 Å². The van der Waals surface area contributed by atoms with Gasteiger partial charge in [0.25, 0.3) is 0 Å². The first-order valence-electron chi connectivity index (χ1n) is 6.97. The Morgan fingerprint density at radius 3 is 2.59 bits per heavy atom. The quantitative estimate of drug-likeness (QED) is 0.753. The monoisotopic (exact) mass is 237 g/mol. The minimum atomic E-state index is 0.644. The lowest BCUT2D eigenvalue weighted by atomic mass is 10.0. The first kappa shape index (κ1) is 14.2. The highest BCUT2D eigenvalue weighted by atomic mass is 15.3. The van der Waals surface area contributed by atoms with Crippen molar-refractivity contribution in [2.45, 2.75) is 65.5 Å². The molecule has 17 heavy (non-hydrogen) atoms. The lowest BCUT2D eigenvalue weighted by Gasteiger charge is -2.15. The van der Waals surface area contributed by atoms with Crippen LogP contribution in [-0.4, -0.2) is 22.9 Å². The number of aryl methyl sites for hydroxylation is 3. The van der Waals surface area contributed by atoms with Gasteiger partial charge in [0.1, 0.15) is 0 Å². The highest BCUT2D eigenvalue weighted by molar-refractivity contribution is 5.10. The molecule has 1 aromatic rings. The first-order valence-corrected chi connectivity index (χ1v) is 6.97. The molecule has 3 nitrogen and oxygen atoms in total. The zero-order chi connectivity index (χ0) is 12.7. The molecular formula is C14H27N3. The fourth-order valence-corrected chi connectivity index (χ4v) is 2.27. The van der Waals surface area contributed by atoms with Crippen LogP contribution in [0.5, 0.6) is 0 Å². The number of rotatable bonds is 8. The minimum absolute atomic E-state index is 0.644. The maximum atomic E-state index is 4.59. The molecule has 1 unspecified atom stereocenters. The Hall–Kier alpha value is -0.830. The molecule has 1 heterocycles. The Morgan fingerprint density at radius 1 is 1.29 bits per heavy atom. The lowest BCUT2D eigenvalue weighted by Crippen LogP contribution is -2.25. The van der Waals surface area contributed by atoms with Crippen LogP contribution in [0.15, 0.2) is 6.07 Å². The Kier molecular flexibility index (Phi) is 6.27. The molecule has 0 aliphatic heterocycles. The van der Waals surface area contributed by atoms with Crippen LogP contribution in [0.3, 0.4) is 0 Å². The van der Waals surface area contributed by atoms with E-state index in [1.165, 1.54) is 30.7 Å². The average Bonchev–Trinajstić information content (AvgIpc) is 2.76. The number of aromatic nitrogens is 2. The van der Waals surface area contributed by atoms with Gasteiger partial charge in [-0.25, -0.2) is 0 Å². The summed E-state index contributed by atoms with van der Waals surface area (Å²) in [5.74, 6) is 0. The van der Waals surface area contributed by atoms with Crippen LogP contribution >= 0.6 is 0 Å². The zero-order valence-electron chi connectivity index (χ0n) is 11.8. The summed E-state index contributed by atoms with van der Waals surface area (Å²) in [4.78, 5) is 0. The normalized spacial score (nSPS) is 12.9. The summed E-state index contributed by atoms with van der Waals surface area (Å²) in [5.41, 5.74) is 2.61. The van der Waals surface area contributed by atoms with Gasteiger partial charge in [-0.1, -0.05) is 20.3 Å². The second-order valence-corrected chi connectivity index (χ2v) is 4.61. The van der Waals surface area contributed by atoms with Crippen molar-refractivity contribution in [3.8, 4) is 0 Å². The van der Waals surface area contributed by atoms with E-state index in [1.54, 1.807) is 0 Å². The van der Waals surface area contributed by atoms with E-state index >= 15 is 0 Å². The molecule has 1 aromatic heterocycles. The molecule has 0 saturated heterocycles. The highest BCUT2D eigenvalue weighted by Gasteiger charge is 2.09. The standard InChI is InChI=1S/C14H27N3/c1-5-8-13(15-4)9-10-14-11-12(6-2)16-17(14)7-3/h11,13,15H,5-10H2,1-4H3. The summed E-state index contributed by atoms with van der Waals surface area (Å²) < 4.78 is 2.15. The molecule has 0 aliphatic carbocycles. The van der Waals surface area contributed by atoms with E-state index in [0.717, 1.165) is 19.4 Å². The Labute approximate surface area is 106 Å².